The zero-order valence-electron chi connectivity index (χ0n) is 14.4. The molecule has 3 aromatic carbocycles. The van der Waals surface area contributed by atoms with Crippen molar-refractivity contribution in [2.45, 2.75) is 13.5 Å². The lowest BCUT2D eigenvalue weighted by atomic mass is 10.2. The molecular weight excluding hydrogens is 308 g/mol. The number of benzene rings is 3. The van der Waals surface area contributed by atoms with E-state index in [0.29, 0.717) is 13.2 Å². The van der Waals surface area contributed by atoms with Crippen LogP contribution in [0.3, 0.4) is 0 Å². The molecule has 3 nitrogen and oxygen atoms in total. The molecule has 126 valence electrons. The van der Waals surface area contributed by atoms with Gasteiger partial charge in [0.1, 0.15) is 5.75 Å². The summed E-state index contributed by atoms with van der Waals surface area (Å²) in [5.41, 5.74) is 3.23. The fraction of sp³-hybridized carbons (Fsp3) is 0.136. The van der Waals surface area contributed by atoms with Gasteiger partial charge in [-0.25, -0.2) is 0 Å². The van der Waals surface area contributed by atoms with Crippen molar-refractivity contribution >= 4 is 11.9 Å². The van der Waals surface area contributed by atoms with Gasteiger partial charge in [0.15, 0.2) is 0 Å². The minimum atomic E-state index is 0.636. The van der Waals surface area contributed by atoms with Crippen LogP contribution >= 0.6 is 0 Å². The van der Waals surface area contributed by atoms with Gasteiger partial charge < -0.3 is 4.74 Å². The Bertz CT molecular complexity index is 801. The molecule has 0 saturated carbocycles. The molecule has 0 saturated heterocycles. The van der Waals surface area contributed by atoms with Gasteiger partial charge in [-0.3, -0.25) is 5.01 Å². The molecule has 0 aliphatic carbocycles. The SMILES string of the molecule is CCOc1ccccc1/C=N/N(Cc1ccccc1)c1ccccc1. The normalized spacial score (nSPS) is 10.8. The van der Waals surface area contributed by atoms with Crippen LogP contribution in [-0.4, -0.2) is 12.8 Å². The molecule has 0 aromatic heterocycles. The molecule has 0 unspecified atom stereocenters. The van der Waals surface area contributed by atoms with Crippen LogP contribution in [-0.2, 0) is 6.54 Å². The first-order chi connectivity index (χ1) is 12.4. The summed E-state index contributed by atoms with van der Waals surface area (Å²) >= 11 is 0. The molecule has 0 N–H and O–H groups in total. The minimum Gasteiger partial charge on any atom is -0.493 e. The third-order valence-electron chi connectivity index (χ3n) is 3.78. The zero-order chi connectivity index (χ0) is 17.3. The summed E-state index contributed by atoms with van der Waals surface area (Å²) in [5.74, 6) is 0.849. The van der Waals surface area contributed by atoms with Gasteiger partial charge in [0.05, 0.1) is 25.1 Å². The number of para-hydroxylation sites is 2. The van der Waals surface area contributed by atoms with Crippen LogP contribution in [0.1, 0.15) is 18.1 Å². The lowest BCUT2D eigenvalue weighted by molar-refractivity contribution is 0.340. The average Bonchev–Trinajstić information content (AvgIpc) is 2.68. The predicted molar refractivity (Wildman–Crippen MR) is 104 cm³/mol. The Hall–Kier alpha value is -3.07. The van der Waals surface area contributed by atoms with Crippen molar-refractivity contribution in [2.75, 3.05) is 11.6 Å². The number of ether oxygens (including phenoxy) is 1. The highest BCUT2D eigenvalue weighted by molar-refractivity contribution is 5.84. The largest absolute Gasteiger partial charge is 0.493 e. The molecule has 25 heavy (non-hydrogen) atoms. The van der Waals surface area contributed by atoms with Crippen molar-refractivity contribution in [3.05, 3.63) is 96.1 Å². The molecule has 3 rings (SSSR count). The van der Waals surface area contributed by atoms with Crippen molar-refractivity contribution in [1.82, 2.24) is 0 Å². The summed E-state index contributed by atoms with van der Waals surface area (Å²) in [5, 5.41) is 6.73. The number of hydrogen-bond donors (Lipinski definition) is 0. The van der Waals surface area contributed by atoms with E-state index in [9.17, 15) is 0 Å². The van der Waals surface area contributed by atoms with Crippen molar-refractivity contribution < 1.29 is 4.74 Å². The van der Waals surface area contributed by atoms with Crippen molar-refractivity contribution in [3.8, 4) is 5.75 Å². The van der Waals surface area contributed by atoms with Gasteiger partial charge in [-0.05, 0) is 36.8 Å². The standard InChI is InChI=1S/C22H22N2O/c1-2-25-22-16-10-9-13-20(22)17-23-24(21-14-7-4-8-15-21)18-19-11-5-3-6-12-19/h3-17H,2,18H2,1H3/b23-17+. The number of hydrogen-bond acceptors (Lipinski definition) is 3. The molecule has 0 bridgehead atoms. The van der Waals surface area contributed by atoms with Crippen LogP contribution in [0.5, 0.6) is 5.75 Å². The van der Waals surface area contributed by atoms with E-state index in [0.717, 1.165) is 17.0 Å². The van der Waals surface area contributed by atoms with Gasteiger partial charge in [0.2, 0.25) is 0 Å². The van der Waals surface area contributed by atoms with Gasteiger partial charge >= 0.3 is 0 Å². The first-order valence-corrected chi connectivity index (χ1v) is 8.49. The predicted octanol–water partition coefficient (Wildman–Crippen LogP) is 5.13. The molecule has 0 aliphatic heterocycles. The second-order valence-electron chi connectivity index (χ2n) is 5.59. The number of anilines is 1. The maximum atomic E-state index is 5.68. The Morgan fingerprint density at radius 3 is 2.20 bits per heavy atom. The second kappa shape index (κ2) is 8.69. The van der Waals surface area contributed by atoms with E-state index in [2.05, 4.69) is 24.3 Å². The van der Waals surface area contributed by atoms with Crippen LogP contribution in [0.4, 0.5) is 5.69 Å². The van der Waals surface area contributed by atoms with Gasteiger partial charge in [0, 0.05) is 5.56 Å². The summed E-state index contributed by atoms with van der Waals surface area (Å²) in [4.78, 5) is 0. The van der Waals surface area contributed by atoms with Crippen LogP contribution in [0, 0.1) is 0 Å². The second-order valence-corrected chi connectivity index (χ2v) is 5.59. The maximum absolute atomic E-state index is 5.68. The van der Waals surface area contributed by atoms with Gasteiger partial charge in [-0.15, -0.1) is 0 Å². The summed E-state index contributed by atoms with van der Waals surface area (Å²) in [6, 6.07) is 28.5. The summed E-state index contributed by atoms with van der Waals surface area (Å²) in [6.45, 7) is 3.33. The highest BCUT2D eigenvalue weighted by Gasteiger charge is 2.06. The van der Waals surface area contributed by atoms with Crippen LogP contribution in [0.2, 0.25) is 0 Å². The number of hydrazone groups is 1. The lowest BCUT2D eigenvalue weighted by Gasteiger charge is -2.19. The Morgan fingerprint density at radius 1 is 0.840 bits per heavy atom. The minimum absolute atomic E-state index is 0.636. The molecule has 0 atom stereocenters. The van der Waals surface area contributed by atoms with E-state index in [-0.39, 0.29) is 0 Å². The Balaban J connectivity index is 1.87. The number of rotatable bonds is 7. The van der Waals surface area contributed by atoms with E-state index in [1.807, 2.05) is 78.8 Å². The monoisotopic (exact) mass is 330 g/mol. The van der Waals surface area contributed by atoms with E-state index in [1.165, 1.54) is 5.56 Å². The highest BCUT2D eigenvalue weighted by atomic mass is 16.5. The topological polar surface area (TPSA) is 24.8 Å². The van der Waals surface area contributed by atoms with Crippen molar-refractivity contribution in [2.24, 2.45) is 5.10 Å². The molecule has 0 radical (unpaired) electrons. The molecular formula is C22H22N2O. The van der Waals surface area contributed by atoms with Crippen LogP contribution < -0.4 is 9.75 Å². The van der Waals surface area contributed by atoms with Gasteiger partial charge in [-0.1, -0.05) is 60.7 Å². The Morgan fingerprint density at radius 2 is 1.48 bits per heavy atom. The summed E-state index contributed by atoms with van der Waals surface area (Å²) in [7, 11) is 0. The highest BCUT2D eigenvalue weighted by Crippen LogP contribution is 2.19. The zero-order valence-corrected chi connectivity index (χ0v) is 14.4. The summed E-state index contributed by atoms with van der Waals surface area (Å²) in [6.07, 6.45) is 1.86. The van der Waals surface area contributed by atoms with Gasteiger partial charge in [-0.2, -0.15) is 5.10 Å². The Labute approximate surface area is 149 Å². The fourth-order valence-corrected chi connectivity index (χ4v) is 2.56. The van der Waals surface area contributed by atoms with Crippen molar-refractivity contribution in [3.63, 3.8) is 0 Å². The third-order valence-corrected chi connectivity index (χ3v) is 3.78. The van der Waals surface area contributed by atoms with E-state index in [4.69, 9.17) is 9.84 Å². The molecule has 3 aromatic rings. The molecule has 3 heteroatoms. The Kier molecular flexibility index (Phi) is 5.83. The van der Waals surface area contributed by atoms with E-state index in [1.54, 1.807) is 0 Å². The van der Waals surface area contributed by atoms with E-state index < -0.39 is 0 Å². The third kappa shape index (κ3) is 4.70. The number of nitrogens with zero attached hydrogens (tertiary/aromatic N) is 2. The lowest BCUT2D eigenvalue weighted by Crippen LogP contribution is -2.16. The average molecular weight is 330 g/mol. The smallest absolute Gasteiger partial charge is 0.128 e. The molecule has 0 amide bonds. The summed E-state index contributed by atoms with van der Waals surface area (Å²) < 4.78 is 5.68. The van der Waals surface area contributed by atoms with E-state index >= 15 is 0 Å². The molecule has 0 spiro atoms. The van der Waals surface area contributed by atoms with Gasteiger partial charge in [0.25, 0.3) is 0 Å². The maximum Gasteiger partial charge on any atom is 0.128 e. The first-order valence-electron chi connectivity index (χ1n) is 8.49. The fourth-order valence-electron chi connectivity index (χ4n) is 2.56. The molecule has 0 aliphatic rings. The first kappa shape index (κ1) is 16.8. The van der Waals surface area contributed by atoms with Crippen molar-refractivity contribution in [1.29, 1.82) is 0 Å². The van der Waals surface area contributed by atoms with Crippen LogP contribution in [0.25, 0.3) is 0 Å². The molecule has 0 fully saturated rings. The van der Waals surface area contributed by atoms with Crippen LogP contribution in [0.15, 0.2) is 90.0 Å². The molecule has 0 heterocycles. The quantitative estimate of drug-likeness (QED) is 0.443.